The van der Waals surface area contributed by atoms with Gasteiger partial charge < -0.3 is 24.1 Å². The number of piperidine rings is 1. The lowest BCUT2D eigenvalue weighted by Crippen LogP contribution is -2.45. The summed E-state index contributed by atoms with van der Waals surface area (Å²) in [5.41, 5.74) is 1.02. The number of nitrogens with one attached hydrogen (secondary N) is 1. The predicted molar refractivity (Wildman–Crippen MR) is 123 cm³/mol. The molecule has 1 N–H and O–H groups in total. The molecular formula is C25H33N3O5. The lowest BCUT2D eigenvalue weighted by Gasteiger charge is -2.33. The number of hydrogen-bond acceptors (Lipinski definition) is 6. The number of benzene rings is 1. The molecule has 0 saturated carbocycles. The van der Waals surface area contributed by atoms with Gasteiger partial charge in [0.05, 0.1) is 39.6 Å². The summed E-state index contributed by atoms with van der Waals surface area (Å²) in [6, 6.07) is 9.47. The van der Waals surface area contributed by atoms with Crippen molar-refractivity contribution in [2.75, 3.05) is 40.4 Å². The van der Waals surface area contributed by atoms with Gasteiger partial charge in [-0.1, -0.05) is 0 Å². The maximum atomic E-state index is 13.2. The number of carbonyl (C=O) groups is 2. The van der Waals surface area contributed by atoms with Gasteiger partial charge in [-0.2, -0.15) is 0 Å². The van der Waals surface area contributed by atoms with Crippen molar-refractivity contribution in [1.29, 1.82) is 0 Å². The number of ether oxygens (including phenoxy) is 2. The van der Waals surface area contributed by atoms with Gasteiger partial charge in [-0.25, -0.2) is 0 Å². The highest BCUT2D eigenvalue weighted by atomic mass is 16.5. The van der Waals surface area contributed by atoms with Crippen molar-refractivity contribution < 1.29 is 23.5 Å². The molecule has 178 valence electrons. The molecule has 1 aromatic carbocycles. The zero-order valence-electron chi connectivity index (χ0n) is 19.4. The van der Waals surface area contributed by atoms with Gasteiger partial charge in [-0.05, 0) is 63.0 Å². The van der Waals surface area contributed by atoms with Crippen LogP contribution in [-0.2, 0) is 16.1 Å². The summed E-state index contributed by atoms with van der Waals surface area (Å²) in [5, 5.41) is 2.95. The summed E-state index contributed by atoms with van der Waals surface area (Å²) in [7, 11) is 3.28. The molecular weight excluding hydrogens is 422 g/mol. The first-order valence-corrected chi connectivity index (χ1v) is 11.6. The van der Waals surface area contributed by atoms with Crippen LogP contribution in [0.15, 0.2) is 41.0 Å². The predicted octanol–water partition coefficient (Wildman–Crippen LogP) is 2.99. The lowest BCUT2D eigenvalue weighted by atomic mass is 9.96. The van der Waals surface area contributed by atoms with Crippen LogP contribution in [0.3, 0.4) is 0 Å². The van der Waals surface area contributed by atoms with Crippen LogP contribution in [0.4, 0.5) is 0 Å². The summed E-state index contributed by atoms with van der Waals surface area (Å²) in [6.07, 6.45) is 5.02. The minimum absolute atomic E-state index is 0.0169. The Bertz CT molecular complexity index is 938. The first-order chi connectivity index (χ1) is 16.1. The second kappa shape index (κ2) is 10.7. The third-order valence-corrected chi connectivity index (χ3v) is 6.71. The Morgan fingerprint density at radius 1 is 1.09 bits per heavy atom. The molecule has 2 fully saturated rings. The van der Waals surface area contributed by atoms with Gasteiger partial charge in [0.25, 0.3) is 0 Å². The molecule has 0 spiro atoms. The fourth-order valence-corrected chi connectivity index (χ4v) is 4.85. The van der Waals surface area contributed by atoms with Crippen LogP contribution in [0, 0.1) is 5.92 Å². The minimum atomic E-state index is -0.0191. The average Bonchev–Trinajstić information content (AvgIpc) is 3.55. The Kier molecular flexibility index (Phi) is 7.54. The maximum Gasteiger partial charge on any atom is 0.237 e. The first-order valence-electron chi connectivity index (χ1n) is 11.6. The molecule has 2 amide bonds. The van der Waals surface area contributed by atoms with Crippen molar-refractivity contribution in [3.8, 4) is 11.5 Å². The van der Waals surface area contributed by atoms with E-state index in [9.17, 15) is 9.59 Å². The van der Waals surface area contributed by atoms with Gasteiger partial charge in [0.15, 0.2) is 0 Å². The molecule has 4 rings (SSSR count). The van der Waals surface area contributed by atoms with E-state index in [4.69, 9.17) is 13.9 Å². The van der Waals surface area contributed by atoms with E-state index < -0.39 is 0 Å². The van der Waals surface area contributed by atoms with E-state index in [0.29, 0.717) is 13.1 Å². The van der Waals surface area contributed by atoms with E-state index in [2.05, 4.69) is 10.2 Å². The van der Waals surface area contributed by atoms with Crippen LogP contribution in [-0.4, -0.2) is 62.0 Å². The zero-order chi connectivity index (χ0) is 23.2. The Balaban J connectivity index is 1.29. The van der Waals surface area contributed by atoms with Gasteiger partial charge in [0, 0.05) is 24.1 Å². The average molecular weight is 456 g/mol. The molecule has 33 heavy (non-hydrogen) atoms. The summed E-state index contributed by atoms with van der Waals surface area (Å²) >= 11 is 0. The maximum absolute atomic E-state index is 13.2. The smallest absolute Gasteiger partial charge is 0.237 e. The van der Waals surface area contributed by atoms with Gasteiger partial charge in [-0.3, -0.25) is 14.5 Å². The monoisotopic (exact) mass is 455 g/mol. The third-order valence-electron chi connectivity index (χ3n) is 6.71. The van der Waals surface area contributed by atoms with E-state index in [1.807, 2.05) is 35.2 Å². The number of rotatable bonds is 8. The van der Waals surface area contributed by atoms with E-state index in [1.165, 1.54) is 0 Å². The van der Waals surface area contributed by atoms with E-state index in [-0.39, 0.29) is 23.8 Å². The highest BCUT2D eigenvalue weighted by Gasteiger charge is 2.33. The molecule has 8 nitrogen and oxygen atoms in total. The summed E-state index contributed by atoms with van der Waals surface area (Å²) < 4.78 is 16.2. The largest absolute Gasteiger partial charge is 0.497 e. The van der Waals surface area contributed by atoms with Crippen molar-refractivity contribution in [3.05, 3.63) is 47.9 Å². The molecule has 1 aromatic heterocycles. The van der Waals surface area contributed by atoms with Gasteiger partial charge in [0.2, 0.25) is 11.8 Å². The molecule has 0 radical (unpaired) electrons. The molecule has 2 aromatic rings. The second-order valence-corrected chi connectivity index (χ2v) is 8.70. The molecule has 1 atom stereocenters. The molecule has 0 aliphatic carbocycles. The van der Waals surface area contributed by atoms with Gasteiger partial charge in [-0.15, -0.1) is 0 Å². The normalized spacial score (nSPS) is 19.5. The number of amides is 2. The molecule has 0 bridgehead atoms. The number of carbonyl (C=O) groups excluding carboxylic acids is 2. The van der Waals surface area contributed by atoms with Crippen LogP contribution >= 0.6 is 0 Å². The van der Waals surface area contributed by atoms with Gasteiger partial charge in [0.1, 0.15) is 17.3 Å². The molecule has 8 heteroatoms. The van der Waals surface area contributed by atoms with Crippen molar-refractivity contribution in [1.82, 2.24) is 15.1 Å². The highest BCUT2D eigenvalue weighted by molar-refractivity contribution is 5.80. The number of hydrogen-bond donors (Lipinski definition) is 1. The van der Waals surface area contributed by atoms with Crippen LogP contribution in [0.5, 0.6) is 11.5 Å². The Labute approximate surface area is 194 Å². The second-order valence-electron chi connectivity index (χ2n) is 8.70. The first kappa shape index (κ1) is 23.2. The molecule has 2 saturated heterocycles. The molecule has 1 unspecified atom stereocenters. The SMILES string of the molecule is COc1ccc(C2CCCN2C(=O)CN2CCC(C(=O)NCc3ccco3)CC2)c(OC)c1. The van der Waals surface area contributed by atoms with E-state index >= 15 is 0 Å². The lowest BCUT2D eigenvalue weighted by molar-refractivity contribution is -0.134. The number of likely N-dealkylation sites (tertiary alicyclic amines) is 2. The Morgan fingerprint density at radius 2 is 1.91 bits per heavy atom. The Morgan fingerprint density at radius 3 is 2.61 bits per heavy atom. The number of furan rings is 1. The Hall–Kier alpha value is -3.00. The minimum Gasteiger partial charge on any atom is -0.497 e. The highest BCUT2D eigenvalue weighted by Crippen LogP contribution is 2.38. The van der Waals surface area contributed by atoms with Crippen molar-refractivity contribution in [3.63, 3.8) is 0 Å². The summed E-state index contributed by atoms with van der Waals surface area (Å²) in [6.45, 7) is 3.04. The fourth-order valence-electron chi connectivity index (χ4n) is 4.85. The summed E-state index contributed by atoms with van der Waals surface area (Å²) in [5.74, 6) is 2.41. The van der Waals surface area contributed by atoms with Gasteiger partial charge >= 0.3 is 0 Å². The van der Waals surface area contributed by atoms with Crippen molar-refractivity contribution in [2.24, 2.45) is 5.92 Å². The molecule has 3 heterocycles. The summed E-state index contributed by atoms with van der Waals surface area (Å²) in [4.78, 5) is 29.8. The van der Waals surface area contributed by atoms with Crippen molar-refractivity contribution >= 4 is 11.8 Å². The quantitative estimate of drug-likeness (QED) is 0.659. The fraction of sp³-hybridized carbons (Fsp3) is 0.520. The van der Waals surface area contributed by atoms with Crippen LogP contribution < -0.4 is 14.8 Å². The van der Waals surface area contributed by atoms with Crippen LogP contribution in [0.2, 0.25) is 0 Å². The van der Waals surface area contributed by atoms with Crippen molar-refractivity contribution in [2.45, 2.75) is 38.3 Å². The van der Waals surface area contributed by atoms with E-state index in [0.717, 1.165) is 68.1 Å². The number of methoxy groups -OCH3 is 2. The van der Waals surface area contributed by atoms with Crippen LogP contribution in [0.1, 0.15) is 43.0 Å². The molecule has 2 aliphatic heterocycles. The third kappa shape index (κ3) is 5.50. The van der Waals surface area contributed by atoms with Crippen LogP contribution in [0.25, 0.3) is 0 Å². The zero-order valence-corrected chi connectivity index (χ0v) is 19.4. The molecule has 2 aliphatic rings. The standard InChI is InChI=1S/C25H33N3O5/c1-31-19-7-8-21(23(15-19)32-2)22-6-3-11-28(22)24(29)17-27-12-9-18(10-13-27)25(30)26-16-20-5-4-14-33-20/h4-5,7-8,14-15,18,22H,3,6,9-13,16-17H2,1-2H3,(H,26,30). The topological polar surface area (TPSA) is 84.3 Å². The van der Waals surface area contributed by atoms with E-state index in [1.54, 1.807) is 20.5 Å². The number of nitrogens with zero attached hydrogens (tertiary/aromatic N) is 2.